The van der Waals surface area contributed by atoms with Crippen LogP contribution in [0.2, 0.25) is 0 Å². The Bertz CT molecular complexity index is 336. The largest absolute Gasteiger partial charge is 0.383 e. The highest BCUT2D eigenvalue weighted by Crippen LogP contribution is 1.83. The van der Waals surface area contributed by atoms with Gasteiger partial charge in [-0.2, -0.15) is 0 Å². The van der Waals surface area contributed by atoms with Crippen LogP contribution in [0.3, 0.4) is 0 Å². The summed E-state index contributed by atoms with van der Waals surface area (Å²) in [5.41, 5.74) is 0. The van der Waals surface area contributed by atoms with Crippen LogP contribution in [0, 0.1) is 0 Å². The monoisotopic (exact) mass is 409 g/mol. The fourth-order valence-corrected chi connectivity index (χ4v) is 1.47. The third kappa shape index (κ3) is 15.8. The lowest BCUT2D eigenvalue weighted by atomic mass is 10.6. The molecule has 116 valence electrons. The lowest BCUT2D eigenvalue weighted by Crippen LogP contribution is -2.40. The first-order valence-electron chi connectivity index (χ1n) is 5.68. The van der Waals surface area contributed by atoms with Crippen LogP contribution >= 0.6 is 24.0 Å². The summed E-state index contributed by atoms with van der Waals surface area (Å²) in [7, 11) is 0.363. The summed E-state index contributed by atoms with van der Waals surface area (Å²) in [6, 6.07) is 0. The Hall–Kier alpha value is -0.130. The van der Waals surface area contributed by atoms with Crippen molar-refractivity contribution >= 4 is 39.8 Å². The number of nitrogens with zero attached hydrogens (tertiary/aromatic N) is 1. The van der Waals surface area contributed by atoms with E-state index in [9.17, 15) is 8.42 Å². The first kappa shape index (κ1) is 21.2. The van der Waals surface area contributed by atoms with Gasteiger partial charge in [0.1, 0.15) is 9.84 Å². The maximum absolute atomic E-state index is 10.8. The van der Waals surface area contributed by atoms with E-state index in [-0.39, 0.29) is 36.3 Å². The topological polar surface area (TPSA) is 89.0 Å². The van der Waals surface area contributed by atoms with Crippen molar-refractivity contribution in [2.24, 2.45) is 4.99 Å². The highest BCUT2D eigenvalue weighted by molar-refractivity contribution is 14.0. The summed E-state index contributed by atoms with van der Waals surface area (Å²) < 4.78 is 31.7. The van der Waals surface area contributed by atoms with Crippen LogP contribution in [0.5, 0.6) is 0 Å². The number of sulfone groups is 1. The van der Waals surface area contributed by atoms with Gasteiger partial charge in [-0.1, -0.05) is 0 Å². The summed E-state index contributed by atoms with van der Waals surface area (Å²) in [5.74, 6) is 0.715. The Morgan fingerprint density at radius 2 is 1.74 bits per heavy atom. The zero-order valence-electron chi connectivity index (χ0n) is 11.6. The highest BCUT2D eigenvalue weighted by Gasteiger charge is 2.01. The molecule has 0 aliphatic rings. The second kappa shape index (κ2) is 12.9. The predicted molar refractivity (Wildman–Crippen MR) is 87.2 cm³/mol. The van der Waals surface area contributed by atoms with Gasteiger partial charge >= 0.3 is 0 Å². The van der Waals surface area contributed by atoms with E-state index in [1.807, 2.05) is 0 Å². The lowest BCUT2D eigenvalue weighted by molar-refractivity contribution is 0.154. The molecule has 9 heteroatoms. The van der Waals surface area contributed by atoms with Gasteiger partial charge in [0, 0.05) is 33.5 Å². The van der Waals surface area contributed by atoms with Gasteiger partial charge in [-0.3, -0.25) is 4.99 Å². The van der Waals surface area contributed by atoms with Crippen LogP contribution in [-0.2, 0) is 19.3 Å². The molecule has 0 atom stereocenters. The SMILES string of the molecule is CN=C(NCCOC)NCCOCCS(C)(=O)=O.I. The molecule has 0 aromatic heterocycles. The summed E-state index contributed by atoms with van der Waals surface area (Å²) >= 11 is 0. The minimum atomic E-state index is -2.94. The van der Waals surface area contributed by atoms with Crippen molar-refractivity contribution in [2.75, 3.05) is 59.1 Å². The van der Waals surface area contributed by atoms with Crippen LogP contribution in [0.4, 0.5) is 0 Å². The van der Waals surface area contributed by atoms with Gasteiger partial charge < -0.3 is 20.1 Å². The van der Waals surface area contributed by atoms with E-state index in [4.69, 9.17) is 9.47 Å². The van der Waals surface area contributed by atoms with Gasteiger partial charge in [0.15, 0.2) is 5.96 Å². The smallest absolute Gasteiger partial charge is 0.191 e. The molecular formula is C10H24IN3O4S. The van der Waals surface area contributed by atoms with E-state index in [2.05, 4.69) is 15.6 Å². The van der Waals surface area contributed by atoms with E-state index in [0.717, 1.165) is 0 Å². The van der Waals surface area contributed by atoms with Gasteiger partial charge in [0.2, 0.25) is 0 Å². The normalized spacial score (nSPS) is 11.8. The molecular weight excluding hydrogens is 385 g/mol. The summed E-state index contributed by atoms with van der Waals surface area (Å²) in [6.45, 7) is 2.49. The van der Waals surface area contributed by atoms with E-state index < -0.39 is 9.84 Å². The molecule has 0 saturated heterocycles. The quantitative estimate of drug-likeness (QED) is 0.231. The zero-order chi connectivity index (χ0) is 13.9. The molecule has 0 aliphatic heterocycles. The number of rotatable bonds is 9. The standard InChI is InChI=1S/C10H23N3O4S.HI/c1-11-10(12-4-6-16-2)13-5-7-17-8-9-18(3,14)15;/h4-9H2,1-3H3,(H2,11,12,13);1H. The lowest BCUT2D eigenvalue weighted by Gasteiger charge is -2.11. The first-order valence-corrected chi connectivity index (χ1v) is 7.74. The first-order chi connectivity index (χ1) is 8.49. The molecule has 0 aromatic rings. The van der Waals surface area contributed by atoms with Crippen molar-refractivity contribution in [3.8, 4) is 0 Å². The Morgan fingerprint density at radius 3 is 2.21 bits per heavy atom. The third-order valence-electron chi connectivity index (χ3n) is 1.96. The number of ether oxygens (including phenoxy) is 2. The number of hydrogen-bond donors (Lipinski definition) is 2. The predicted octanol–water partition coefficient (Wildman–Crippen LogP) is -0.523. The average Bonchev–Trinajstić information content (AvgIpc) is 2.30. The number of guanidine groups is 1. The van der Waals surface area contributed by atoms with Crippen molar-refractivity contribution in [1.29, 1.82) is 0 Å². The summed E-state index contributed by atoms with van der Waals surface area (Å²) in [5, 5.41) is 6.08. The van der Waals surface area contributed by atoms with Gasteiger partial charge in [0.05, 0.1) is 25.6 Å². The maximum atomic E-state index is 10.8. The van der Waals surface area contributed by atoms with Gasteiger partial charge in [0.25, 0.3) is 0 Å². The maximum Gasteiger partial charge on any atom is 0.191 e. The highest BCUT2D eigenvalue weighted by atomic mass is 127. The van der Waals surface area contributed by atoms with E-state index in [1.54, 1.807) is 14.2 Å². The average molecular weight is 409 g/mol. The Kier molecular flexibility index (Phi) is 14.4. The van der Waals surface area contributed by atoms with E-state index in [1.165, 1.54) is 6.26 Å². The third-order valence-corrected chi connectivity index (χ3v) is 2.87. The molecule has 0 heterocycles. The molecule has 2 N–H and O–H groups in total. The second-order valence-electron chi connectivity index (χ2n) is 3.66. The molecule has 0 aliphatic carbocycles. The van der Waals surface area contributed by atoms with Crippen molar-refractivity contribution in [2.45, 2.75) is 0 Å². The molecule has 7 nitrogen and oxygen atoms in total. The zero-order valence-corrected chi connectivity index (χ0v) is 14.8. The molecule has 0 rings (SSSR count). The molecule has 0 saturated carbocycles. The Labute approximate surface area is 132 Å². The molecule has 0 aromatic carbocycles. The van der Waals surface area contributed by atoms with Crippen LogP contribution in [-0.4, -0.2) is 73.5 Å². The van der Waals surface area contributed by atoms with Crippen molar-refractivity contribution < 1.29 is 17.9 Å². The Balaban J connectivity index is 0. The van der Waals surface area contributed by atoms with Crippen molar-refractivity contribution in [1.82, 2.24) is 10.6 Å². The van der Waals surface area contributed by atoms with Gasteiger partial charge in [-0.25, -0.2) is 8.42 Å². The minimum Gasteiger partial charge on any atom is -0.383 e. The molecule has 0 fully saturated rings. The summed E-state index contributed by atoms with van der Waals surface area (Å²) in [6.07, 6.45) is 1.19. The molecule has 19 heavy (non-hydrogen) atoms. The molecule has 0 amide bonds. The number of nitrogens with one attached hydrogen (secondary N) is 2. The molecule has 0 bridgehead atoms. The fourth-order valence-electron chi connectivity index (χ4n) is 1.05. The van der Waals surface area contributed by atoms with Crippen molar-refractivity contribution in [3.05, 3.63) is 0 Å². The van der Waals surface area contributed by atoms with Gasteiger partial charge in [-0.15, -0.1) is 24.0 Å². The molecule has 0 radical (unpaired) electrons. The number of aliphatic imine (C=N–C) groups is 1. The number of halogens is 1. The van der Waals surface area contributed by atoms with E-state index in [0.29, 0.717) is 32.3 Å². The van der Waals surface area contributed by atoms with E-state index >= 15 is 0 Å². The Morgan fingerprint density at radius 1 is 1.16 bits per heavy atom. The van der Waals surface area contributed by atoms with Crippen LogP contribution in [0.1, 0.15) is 0 Å². The minimum absolute atomic E-state index is 0. The second-order valence-corrected chi connectivity index (χ2v) is 5.92. The van der Waals surface area contributed by atoms with Crippen LogP contribution in [0.15, 0.2) is 4.99 Å². The molecule has 0 unspecified atom stereocenters. The van der Waals surface area contributed by atoms with Crippen LogP contribution in [0.25, 0.3) is 0 Å². The molecule has 0 spiro atoms. The number of methoxy groups -OCH3 is 1. The van der Waals surface area contributed by atoms with Gasteiger partial charge in [-0.05, 0) is 0 Å². The number of hydrogen-bond acceptors (Lipinski definition) is 5. The fraction of sp³-hybridized carbons (Fsp3) is 0.900. The van der Waals surface area contributed by atoms with Crippen molar-refractivity contribution in [3.63, 3.8) is 0 Å². The summed E-state index contributed by atoms with van der Waals surface area (Å²) in [4.78, 5) is 4.00. The van der Waals surface area contributed by atoms with Crippen LogP contribution < -0.4 is 10.6 Å².